The number of nitrogens with one attached hydrogen (secondary N) is 2. The number of aromatic nitrogens is 1. The van der Waals surface area contributed by atoms with Crippen LogP contribution >= 0.6 is 0 Å². The van der Waals surface area contributed by atoms with Gasteiger partial charge in [-0.3, -0.25) is 9.88 Å². The molecule has 1 fully saturated rings. The van der Waals surface area contributed by atoms with E-state index >= 15 is 0 Å². The molecule has 2 aromatic rings. The molecule has 160 valence electrons. The Balaban J connectivity index is 1.64. The number of rotatable bonds is 5. The van der Waals surface area contributed by atoms with E-state index in [0.29, 0.717) is 18.8 Å². The number of carbonyl (C=O) groups excluding carboxylic acids is 1. The Labute approximate surface area is 174 Å². The number of nitrogens with zero attached hydrogens (tertiary/aromatic N) is 3. The number of pyridine rings is 1. The molecule has 1 aromatic heterocycles. The molecule has 3 amide bonds. The van der Waals surface area contributed by atoms with Gasteiger partial charge in [0.1, 0.15) is 5.82 Å². The number of likely N-dealkylation sites (N-methyl/N-ethyl adjacent to an activating group) is 1. The number of amides is 3. The molecular formula is C21H26FN5O3. The van der Waals surface area contributed by atoms with Gasteiger partial charge in [0, 0.05) is 30.9 Å². The zero-order chi connectivity index (χ0) is 21.8. The minimum Gasteiger partial charge on any atom is -0.465 e. The van der Waals surface area contributed by atoms with Crippen LogP contribution in [0, 0.1) is 12.7 Å². The lowest BCUT2D eigenvalue weighted by atomic mass is 10.1. The van der Waals surface area contributed by atoms with Crippen molar-refractivity contribution in [3.05, 3.63) is 53.6 Å². The Morgan fingerprint density at radius 3 is 2.70 bits per heavy atom. The maximum Gasteiger partial charge on any atom is 0.407 e. The zero-order valence-corrected chi connectivity index (χ0v) is 17.2. The van der Waals surface area contributed by atoms with Gasteiger partial charge in [-0.05, 0) is 57.1 Å². The van der Waals surface area contributed by atoms with E-state index in [2.05, 4.69) is 20.5 Å². The summed E-state index contributed by atoms with van der Waals surface area (Å²) in [6.45, 7) is 4.73. The summed E-state index contributed by atoms with van der Waals surface area (Å²) in [4.78, 5) is 31.1. The second-order valence-corrected chi connectivity index (χ2v) is 7.57. The van der Waals surface area contributed by atoms with Crippen LogP contribution in [0.3, 0.4) is 0 Å². The zero-order valence-electron chi connectivity index (χ0n) is 17.2. The van der Waals surface area contributed by atoms with Crippen molar-refractivity contribution in [2.24, 2.45) is 0 Å². The Hall–Kier alpha value is -3.20. The molecule has 1 aromatic carbocycles. The molecule has 0 radical (unpaired) electrons. The maximum atomic E-state index is 14.2. The maximum absolute atomic E-state index is 14.2. The van der Waals surface area contributed by atoms with Gasteiger partial charge in [-0.15, -0.1) is 0 Å². The number of hydrogen-bond donors (Lipinski definition) is 3. The largest absolute Gasteiger partial charge is 0.465 e. The average molecular weight is 415 g/mol. The third-order valence-corrected chi connectivity index (χ3v) is 5.41. The van der Waals surface area contributed by atoms with Crippen molar-refractivity contribution in [1.29, 1.82) is 0 Å². The number of likely N-dealkylation sites (tertiary alicyclic amines) is 1. The first kappa shape index (κ1) is 21.5. The number of hydrogen-bond acceptors (Lipinski definition) is 4. The summed E-state index contributed by atoms with van der Waals surface area (Å²) in [5.74, 6) is -0.537. The highest BCUT2D eigenvalue weighted by Gasteiger charge is 2.35. The van der Waals surface area contributed by atoms with Gasteiger partial charge in [0.25, 0.3) is 0 Å². The molecular weight excluding hydrogens is 389 g/mol. The molecule has 1 aliphatic heterocycles. The molecule has 1 aliphatic rings. The van der Waals surface area contributed by atoms with Crippen molar-refractivity contribution in [2.75, 3.05) is 24.2 Å². The van der Waals surface area contributed by atoms with Gasteiger partial charge in [-0.2, -0.15) is 0 Å². The van der Waals surface area contributed by atoms with Gasteiger partial charge >= 0.3 is 12.1 Å². The lowest BCUT2D eigenvalue weighted by Crippen LogP contribution is -2.43. The van der Waals surface area contributed by atoms with E-state index in [1.165, 1.54) is 17.2 Å². The van der Waals surface area contributed by atoms with Crippen LogP contribution in [-0.2, 0) is 6.54 Å². The van der Waals surface area contributed by atoms with E-state index in [1.54, 1.807) is 24.3 Å². The molecule has 0 aliphatic carbocycles. The fourth-order valence-electron chi connectivity index (χ4n) is 3.78. The monoisotopic (exact) mass is 415 g/mol. The highest BCUT2D eigenvalue weighted by molar-refractivity contribution is 5.99. The lowest BCUT2D eigenvalue weighted by Gasteiger charge is -2.29. The SMILES string of the molecule is Cc1ccc(NC(=O)Nc2cc(CN(C)[C@H]3CCN(C(=O)O)C3C)ccc2F)cn1. The normalized spacial score (nSPS) is 18.5. The van der Waals surface area contributed by atoms with Gasteiger partial charge in [0.15, 0.2) is 0 Å². The van der Waals surface area contributed by atoms with Crippen LogP contribution in [0.25, 0.3) is 0 Å². The highest BCUT2D eigenvalue weighted by atomic mass is 19.1. The molecule has 30 heavy (non-hydrogen) atoms. The predicted molar refractivity (Wildman–Crippen MR) is 112 cm³/mol. The van der Waals surface area contributed by atoms with Gasteiger partial charge in [-0.1, -0.05) is 6.07 Å². The quantitative estimate of drug-likeness (QED) is 0.691. The summed E-state index contributed by atoms with van der Waals surface area (Å²) in [6.07, 6.45) is 1.35. The topological polar surface area (TPSA) is 97.8 Å². The van der Waals surface area contributed by atoms with Crippen LogP contribution in [-0.4, -0.2) is 57.7 Å². The smallest absolute Gasteiger partial charge is 0.407 e. The molecule has 1 saturated heterocycles. The van der Waals surface area contributed by atoms with E-state index < -0.39 is 17.9 Å². The van der Waals surface area contributed by atoms with Crippen LogP contribution in [0.4, 0.5) is 25.4 Å². The molecule has 8 nitrogen and oxygen atoms in total. The number of aryl methyl sites for hydroxylation is 1. The van der Waals surface area contributed by atoms with Crippen molar-refractivity contribution in [3.63, 3.8) is 0 Å². The van der Waals surface area contributed by atoms with Crippen LogP contribution in [0.1, 0.15) is 24.6 Å². The minimum atomic E-state index is -0.915. The summed E-state index contributed by atoms with van der Waals surface area (Å²) in [7, 11) is 1.92. The van der Waals surface area contributed by atoms with E-state index in [1.807, 2.05) is 20.9 Å². The fourth-order valence-corrected chi connectivity index (χ4v) is 3.78. The van der Waals surface area contributed by atoms with Crippen molar-refractivity contribution < 1.29 is 19.1 Å². The molecule has 2 atom stereocenters. The van der Waals surface area contributed by atoms with Gasteiger partial charge < -0.3 is 20.6 Å². The molecule has 3 N–H and O–H groups in total. The summed E-state index contributed by atoms with van der Waals surface area (Å²) in [5.41, 5.74) is 2.22. The summed E-state index contributed by atoms with van der Waals surface area (Å²) >= 11 is 0. The Morgan fingerprint density at radius 2 is 2.07 bits per heavy atom. The number of carboxylic acid groups (broad SMARTS) is 1. The van der Waals surface area contributed by atoms with E-state index in [-0.39, 0.29) is 17.8 Å². The molecule has 2 heterocycles. The number of benzene rings is 1. The van der Waals surface area contributed by atoms with Gasteiger partial charge in [0.2, 0.25) is 0 Å². The summed E-state index contributed by atoms with van der Waals surface area (Å²) in [6, 6.07) is 7.43. The van der Waals surface area contributed by atoms with Crippen LogP contribution in [0.2, 0.25) is 0 Å². The number of carbonyl (C=O) groups is 2. The standard InChI is InChI=1S/C21H26FN5O3/c1-13-4-6-16(11-23-13)24-20(28)25-18-10-15(5-7-17(18)22)12-26(3)19-8-9-27(14(19)2)21(29)30/h4-7,10-11,14,19H,8-9,12H2,1-3H3,(H,29,30)(H2,24,25,28)/t14?,19-/m0/s1. The number of urea groups is 1. The van der Waals surface area contributed by atoms with Crippen molar-refractivity contribution in [2.45, 2.75) is 38.9 Å². The van der Waals surface area contributed by atoms with Gasteiger partial charge in [0.05, 0.1) is 17.6 Å². The van der Waals surface area contributed by atoms with Gasteiger partial charge in [-0.25, -0.2) is 14.0 Å². The average Bonchev–Trinajstić information content (AvgIpc) is 3.08. The Morgan fingerprint density at radius 1 is 1.30 bits per heavy atom. The fraction of sp³-hybridized carbons (Fsp3) is 0.381. The van der Waals surface area contributed by atoms with Crippen molar-refractivity contribution in [1.82, 2.24) is 14.8 Å². The first-order chi connectivity index (χ1) is 14.2. The van der Waals surface area contributed by atoms with Crippen LogP contribution < -0.4 is 10.6 Å². The van der Waals surface area contributed by atoms with Crippen LogP contribution in [0.15, 0.2) is 36.5 Å². The third-order valence-electron chi connectivity index (χ3n) is 5.41. The molecule has 0 bridgehead atoms. The Kier molecular flexibility index (Phi) is 6.51. The summed E-state index contributed by atoms with van der Waals surface area (Å²) in [5, 5.41) is 14.4. The molecule has 0 saturated carbocycles. The first-order valence-corrected chi connectivity index (χ1v) is 9.73. The van der Waals surface area contributed by atoms with E-state index in [4.69, 9.17) is 0 Å². The van der Waals surface area contributed by atoms with E-state index in [9.17, 15) is 19.1 Å². The van der Waals surface area contributed by atoms with Crippen LogP contribution in [0.5, 0.6) is 0 Å². The highest BCUT2D eigenvalue weighted by Crippen LogP contribution is 2.24. The predicted octanol–water partition coefficient (Wildman–Crippen LogP) is 3.75. The molecule has 9 heteroatoms. The lowest BCUT2D eigenvalue weighted by molar-refractivity contribution is 0.127. The van der Waals surface area contributed by atoms with E-state index in [0.717, 1.165) is 17.7 Å². The number of halogens is 1. The molecule has 3 rings (SSSR count). The first-order valence-electron chi connectivity index (χ1n) is 9.73. The van der Waals surface area contributed by atoms with Crippen molar-refractivity contribution in [3.8, 4) is 0 Å². The number of anilines is 2. The second-order valence-electron chi connectivity index (χ2n) is 7.57. The summed E-state index contributed by atoms with van der Waals surface area (Å²) < 4.78 is 14.2. The molecule has 1 unspecified atom stereocenters. The third kappa shape index (κ3) is 5.04. The Bertz CT molecular complexity index is 921. The minimum absolute atomic E-state index is 0.0694. The molecule has 0 spiro atoms. The second kappa shape index (κ2) is 9.08. The van der Waals surface area contributed by atoms with Crippen molar-refractivity contribution >= 4 is 23.5 Å².